The summed E-state index contributed by atoms with van der Waals surface area (Å²) in [5.74, 6) is 0. The van der Waals surface area contributed by atoms with Gasteiger partial charge in [0.1, 0.15) is 0 Å². The van der Waals surface area contributed by atoms with Crippen LogP contribution in [0.25, 0.3) is 0 Å². The summed E-state index contributed by atoms with van der Waals surface area (Å²) in [5, 5.41) is 0. The molecule has 1 aliphatic heterocycles. The van der Waals surface area contributed by atoms with Gasteiger partial charge in [-0.05, 0) is 6.42 Å². The highest BCUT2D eigenvalue weighted by Gasteiger charge is 2.07. The molecule has 0 radical (unpaired) electrons. The number of hydrogen-bond donors (Lipinski definition) is 0. The van der Waals surface area contributed by atoms with Crippen molar-refractivity contribution in [1.82, 2.24) is 9.55 Å². The van der Waals surface area contributed by atoms with Gasteiger partial charge in [-0.2, -0.15) is 0 Å². The molecule has 0 atom stereocenters. The Morgan fingerprint density at radius 3 is 3.56 bits per heavy atom. The van der Waals surface area contributed by atoms with E-state index in [1.807, 2.05) is 10.8 Å². The highest BCUT2D eigenvalue weighted by Crippen LogP contribution is 2.12. The lowest BCUT2D eigenvalue weighted by molar-refractivity contribution is 0.231. The highest BCUT2D eigenvalue weighted by molar-refractivity contribution is 4.99. The largest absolute Gasteiger partial charge is 0.465 e. The molecule has 0 aromatic carbocycles. The predicted molar refractivity (Wildman–Crippen MR) is 32.3 cm³/mol. The topological polar surface area (TPSA) is 27.1 Å². The van der Waals surface area contributed by atoms with E-state index in [2.05, 4.69) is 4.98 Å². The summed E-state index contributed by atoms with van der Waals surface area (Å²) in [7, 11) is 0. The number of hydrogen-bond acceptors (Lipinski definition) is 2. The van der Waals surface area contributed by atoms with Crippen LogP contribution in [0, 0.1) is 0 Å². The average molecular weight is 124 g/mol. The molecule has 2 heterocycles. The lowest BCUT2D eigenvalue weighted by Gasteiger charge is -2.13. The molecule has 0 N–H and O–H groups in total. The summed E-state index contributed by atoms with van der Waals surface area (Å²) >= 11 is 0. The van der Waals surface area contributed by atoms with E-state index in [9.17, 15) is 0 Å². The van der Waals surface area contributed by atoms with Crippen LogP contribution in [0.2, 0.25) is 0 Å². The van der Waals surface area contributed by atoms with E-state index >= 15 is 0 Å². The van der Waals surface area contributed by atoms with E-state index in [1.165, 1.54) is 0 Å². The molecule has 48 valence electrons. The first-order chi connectivity index (χ1) is 4.47. The van der Waals surface area contributed by atoms with Gasteiger partial charge < -0.3 is 9.30 Å². The lowest BCUT2D eigenvalue weighted by Crippen LogP contribution is -2.13. The first kappa shape index (κ1) is 4.85. The monoisotopic (exact) mass is 124 g/mol. The molecule has 1 aromatic heterocycles. The number of aromatic nitrogens is 2. The number of aryl methyl sites for hydroxylation is 1. The maximum absolute atomic E-state index is 5.22. The summed E-state index contributed by atoms with van der Waals surface area (Å²) in [5.41, 5.74) is 0. The number of fused-ring (bicyclic) bond motifs is 1. The van der Waals surface area contributed by atoms with Crippen molar-refractivity contribution in [3.8, 4) is 6.01 Å². The normalized spacial score (nSPS) is 16.4. The second-order valence-electron chi connectivity index (χ2n) is 2.11. The zero-order valence-corrected chi connectivity index (χ0v) is 5.08. The molecule has 0 fully saturated rings. The second kappa shape index (κ2) is 1.76. The van der Waals surface area contributed by atoms with Crippen LogP contribution in [-0.2, 0) is 6.54 Å². The van der Waals surface area contributed by atoms with Crippen LogP contribution >= 0.6 is 0 Å². The summed E-state index contributed by atoms with van der Waals surface area (Å²) in [6, 6.07) is 0.765. The Labute approximate surface area is 53.3 Å². The SMILES string of the molecule is c1cn2c(n1)OCCC2. The molecule has 9 heavy (non-hydrogen) atoms. The zero-order chi connectivity index (χ0) is 6.10. The van der Waals surface area contributed by atoms with Crippen LogP contribution in [0.15, 0.2) is 12.4 Å². The Balaban J connectivity index is 2.39. The van der Waals surface area contributed by atoms with Gasteiger partial charge in [-0.1, -0.05) is 0 Å². The summed E-state index contributed by atoms with van der Waals surface area (Å²) in [6.45, 7) is 1.87. The molecule has 0 saturated heterocycles. The standard InChI is InChI=1S/C6H8N2O/c1-3-8-4-2-7-6(8)9-5-1/h2,4H,1,3,5H2. The molecule has 0 spiro atoms. The average Bonchev–Trinajstić information content (AvgIpc) is 2.33. The van der Waals surface area contributed by atoms with Gasteiger partial charge in [0.05, 0.1) is 6.61 Å². The van der Waals surface area contributed by atoms with Crippen LogP contribution in [0.3, 0.4) is 0 Å². The second-order valence-corrected chi connectivity index (χ2v) is 2.11. The molecular formula is C6H8N2O. The summed E-state index contributed by atoms with van der Waals surface area (Å²) < 4.78 is 7.23. The Morgan fingerprint density at radius 2 is 2.67 bits per heavy atom. The van der Waals surface area contributed by atoms with Crippen molar-refractivity contribution in [2.24, 2.45) is 0 Å². The maximum Gasteiger partial charge on any atom is 0.296 e. The minimum absolute atomic E-state index is 0.765. The lowest BCUT2D eigenvalue weighted by atomic mass is 10.4. The van der Waals surface area contributed by atoms with E-state index < -0.39 is 0 Å². The van der Waals surface area contributed by atoms with E-state index in [-0.39, 0.29) is 0 Å². The molecule has 0 amide bonds. The molecular weight excluding hydrogens is 116 g/mol. The van der Waals surface area contributed by atoms with Crippen LogP contribution in [-0.4, -0.2) is 16.2 Å². The van der Waals surface area contributed by atoms with Crippen molar-refractivity contribution in [2.75, 3.05) is 6.61 Å². The fraction of sp³-hybridized carbons (Fsp3) is 0.500. The quantitative estimate of drug-likeness (QED) is 0.508. The Hall–Kier alpha value is -0.990. The van der Waals surface area contributed by atoms with Gasteiger partial charge in [-0.3, -0.25) is 0 Å². The fourth-order valence-electron chi connectivity index (χ4n) is 1.00. The minimum atomic E-state index is 0.765. The van der Waals surface area contributed by atoms with Gasteiger partial charge in [-0.25, -0.2) is 4.98 Å². The fourth-order valence-corrected chi connectivity index (χ4v) is 1.00. The van der Waals surface area contributed by atoms with E-state index in [1.54, 1.807) is 6.20 Å². The van der Waals surface area contributed by atoms with Crippen molar-refractivity contribution >= 4 is 0 Å². The smallest absolute Gasteiger partial charge is 0.296 e. The van der Waals surface area contributed by atoms with E-state index in [0.29, 0.717) is 0 Å². The van der Waals surface area contributed by atoms with E-state index in [0.717, 1.165) is 25.6 Å². The molecule has 3 nitrogen and oxygen atoms in total. The van der Waals surface area contributed by atoms with Crippen molar-refractivity contribution in [1.29, 1.82) is 0 Å². The molecule has 0 unspecified atom stereocenters. The Kier molecular flexibility index (Phi) is 0.946. The minimum Gasteiger partial charge on any atom is -0.465 e. The van der Waals surface area contributed by atoms with Crippen LogP contribution < -0.4 is 4.74 Å². The number of ether oxygens (including phenoxy) is 1. The molecule has 0 aliphatic carbocycles. The third-order valence-electron chi connectivity index (χ3n) is 1.45. The van der Waals surface area contributed by atoms with Gasteiger partial charge in [0, 0.05) is 18.9 Å². The molecule has 0 saturated carbocycles. The van der Waals surface area contributed by atoms with Crippen LogP contribution in [0.5, 0.6) is 6.01 Å². The number of nitrogens with zero attached hydrogens (tertiary/aromatic N) is 2. The first-order valence-corrected chi connectivity index (χ1v) is 3.11. The van der Waals surface area contributed by atoms with Crippen molar-refractivity contribution in [3.63, 3.8) is 0 Å². The van der Waals surface area contributed by atoms with Gasteiger partial charge in [0.15, 0.2) is 0 Å². The number of rotatable bonds is 0. The van der Waals surface area contributed by atoms with Gasteiger partial charge in [0.25, 0.3) is 6.01 Å². The van der Waals surface area contributed by atoms with Crippen LogP contribution in [0.4, 0.5) is 0 Å². The van der Waals surface area contributed by atoms with Crippen molar-refractivity contribution < 1.29 is 4.74 Å². The maximum atomic E-state index is 5.22. The van der Waals surface area contributed by atoms with Crippen molar-refractivity contribution in [2.45, 2.75) is 13.0 Å². The predicted octanol–water partition coefficient (Wildman–Crippen LogP) is 0.666. The van der Waals surface area contributed by atoms with Crippen molar-refractivity contribution in [3.05, 3.63) is 12.4 Å². The third kappa shape index (κ3) is 0.686. The molecule has 3 heteroatoms. The molecule has 1 aromatic rings. The zero-order valence-electron chi connectivity index (χ0n) is 5.08. The third-order valence-corrected chi connectivity index (χ3v) is 1.45. The number of imidazole rings is 1. The summed E-state index contributed by atoms with van der Waals surface area (Å²) in [6.07, 6.45) is 4.80. The molecule has 1 aliphatic rings. The molecule has 0 bridgehead atoms. The highest BCUT2D eigenvalue weighted by atomic mass is 16.5. The van der Waals surface area contributed by atoms with Gasteiger partial charge >= 0.3 is 0 Å². The van der Waals surface area contributed by atoms with Gasteiger partial charge in [0.2, 0.25) is 0 Å². The Bertz CT molecular complexity index is 186. The molecule has 2 rings (SSSR count). The van der Waals surface area contributed by atoms with Crippen LogP contribution in [0.1, 0.15) is 6.42 Å². The van der Waals surface area contributed by atoms with E-state index in [4.69, 9.17) is 4.74 Å². The summed E-state index contributed by atoms with van der Waals surface area (Å²) in [4.78, 5) is 4.00. The Morgan fingerprint density at radius 1 is 1.67 bits per heavy atom. The first-order valence-electron chi connectivity index (χ1n) is 3.11. The van der Waals surface area contributed by atoms with Gasteiger partial charge in [-0.15, -0.1) is 0 Å².